The molecule has 110 valence electrons. The molecule has 2 rings (SSSR count). The molecule has 0 bridgehead atoms. The molecule has 0 atom stereocenters. The first-order valence-electron chi connectivity index (χ1n) is 7.18. The van der Waals surface area contributed by atoms with E-state index in [0.29, 0.717) is 12.2 Å². The van der Waals surface area contributed by atoms with Gasteiger partial charge in [-0.15, -0.1) is 0 Å². The standard InChI is InChI=1S/C16H22BrNO2/c1-3-16(6-8-18-9-7-16)15(19)11-12-10-13(20-2)4-5-14(12)17/h4-5,10,18H,3,6-9,11H2,1-2H3. The van der Waals surface area contributed by atoms with Crippen molar-refractivity contribution >= 4 is 21.7 Å². The summed E-state index contributed by atoms with van der Waals surface area (Å²) in [6, 6.07) is 5.80. The Labute approximate surface area is 129 Å². The fourth-order valence-electron chi connectivity index (χ4n) is 2.91. The monoisotopic (exact) mass is 339 g/mol. The number of carbonyl (C=O) groups is 1. The number of carbonyl (C=O) groups excluding carboxylic acids is 1. The summed E-state index contributed by atoms with van der Waals surface area (Å²) >= 11 is 3.53. The van der Waals surface area contributed by atoms with E-state index in [1.807, 2.05) is 18.2 Å². The SMILES string of the molecule is CCC1(C(=O)Cc2cc(OC)ccc2Br)CCNCC1. The third-order valence-corrected chi connectivity index (χ3v) is 5.21. The Kier molecular flexibility index (Phi) is 5.22. The van der Waals surface area contributed by atoms with Crippen molar-refractivity contribution < 1.29 is 9.53 Å². The van der Waals surface area contributed by atoms with E-state index in [0.717, 1.165) is 48.1 Å². The van der Waals surface area contributed by atoms with Gasteiger partial charge in [-0.25, -0.2) is 0 Å². The van der Waals surface area contributed by atoms with Gasteiger partial charge in [0.2, 0.25) is 0 Å². The number of Topliss-reactive ketones (excluding diaryl/α,β-unsaturated/α-hetero) is 1. The van der Waals surface area contributed by atoms with Crippen molar-refractivity contribution in [3.05, 3.63) is 28.2 Å². The second kappa shape index (κ2) is 6.72. The van der Waals surface area contributed by atoms with Crippen LogP contribution in [0.5, 0.6) is 5.75 Å². The topological polar surface area (TPSA) is 38.3 Å². The lowest BCUT2D eigenvalue weighted by atomic mass is 9.72. The molecule has 1 aromatic carbocycles. The molecule has 0 spiro atoms. The summed E-state index contributed by atoms with van der Waals surface area (Å²) in [6.45, 7) is 4.02. The molecule has 1 N–H and O–H groups in total. The minimum absolute atomic E-state index is 0.145. The van der Waals surface area contributed by atoms with Crippen molar-refractivity contribution in [1.82, 2.24) is 5.32 Å². The minimum Gasteiger partial charge on any atom is -0.497 e. The average Bonchev–Trinajstić information content (AvgIpc) is 2.50. The number of nitrogens with one attached hydrogen (secondary N) is 1. The molecule has 1 heterocycles. The molecule has 0 radical (unpaired) electrons. The molecule has 0 saturated carbocycles. The van der Waals surface area contributed by atoms with E-state index in [1.165, 1.54) is 0 Å². The Balaban J connectivity index is 2.18. The predicted molar refractivity (Wildman–Crippen MR) is 84.2 cm³/mol. The number of piperidine rings is 1. The fraction of sp³-hybridized carbons (Fsp3) is 0.562. The number of ether oxygens (including phenoxy) is 1. The highest BCUT2D eigenvalue weighted by Gasteiger charge is 2.37. The third kappa shape index (κ3) is 3.23. The average molecular weight is 340 g/mol. The van der Waals surface area contributed by atoms with E-state index in [2.05, 4.69) is 28.2 Å². The van der Waals surface area contributed by atoms with Gasteiger partial charge in [-0.3, -0.25) is 4.79 Å². The van der Waals surface area contributed by atoms with Crippen LogP contribution in [0.25, 0.3) is 0 Å². The molecular formula is C16H22BrNO2. The second-order valence-electron chi connectivity index (χ2n) is 5.44. The zero-order chi connectivity index (χ0) is 14.6. The number of hydrogen-bond acceptors (Lipinski definition) is 3. The lowest BCUT2D eigenvalue weighted by Crippen LogP contribution is -2.42. The summed E-state index contributed by atoms with van der Waals surface area (Å²) in [7, 11) is 1.65. The van der Waals surface area contributed by atoms with Crippen LogP contribution < -0.4 is 10.1 Å². The number of rotatable bonds is 5. The number of ketones is 1. The first kappa shape index (κ1) is 15.5. The zero-order valence-electron chi connectivity index (χ0n) is 12.2. The zero-order valence-corrected chi connectivity index (χ0v) is 13.8. The Hall–Kier alpha value is -0.870. The maximum absolute atomic E-state index is 12.8. The van der Waals surface area contributed by atoms with E-state index in [9.17, 15) is 4.79 Å². The largest absolute Gasteiger partial charge is 0.497 e. The molecule has 1 aromatic rings. The van der Waals surface area contributed by atoms with Crippen molar-refractivity contribution in [1.29, 1.82) is 0 Å². The lowest BCUT2D eigenvalue weighted by molar-refractivity contribution is -0.129. The number of methoxy groups -OCH3 is 1. The molecular weight excluding hydrogens is 318 g/mol. The third-order valence-electron chi connectivity index (χ3n) is 4.43. The van der Waals surface area contributed by atoms with Crippen LogP contribution in [0.4, 0.5) is 0 Å². The summed E-state index contributed by atoms with van der Waals surface area (Å²) in [5, 5.41) is 3.34. The highest BCUT2D eigenvalue weighted by Crippen LogP contribution is 2.35. The lowest BCUT2D eigenvalue weighted by Gasteiger charge is -2.35. The molecule has 1 aliphatic rings. The summed E-state index contributed by atoms with van der Waals surface area (Å²) in [5.41, 5.74) is 0.869. The Morgan fingerprint density at radius 2 is 2.10 bits per heavy atom. The molecule has 4 heteroatoms. The molecule has 0 aromatic heterocycles. The van der Waals surface area contributed by atoms with Crippen molar-refractivity contribution in [2.45, 2.75) is 32.6 Å². The maximum Gasteiger partial charge on any atom is 0.143 e. The van der Waals surface area contributed by atoms with Gasteiger partial charge in [0.15, 0.2) is 0 Å². The van der Waals surface area contributed by atoms with Crippen molar-refractivity contribution in [2.75, 3.05) is 20.2 Å². The minimum atomic E-state index is -0.145. The van der Waals surface area contributed by atoms with Crippen LogP contribution in [0.1, 0.15) is 31.7 Å². The molecule has 0 aliphatic carbocycles. The van der Waals surface area contributed by atoms with Gasteiger partial charge in [-0.1, -0.05) is 22.9 Å². The van der Waals surface area contributed by atoms with Gasteiger partial charge in [0.1, 0.15) is 11.5 Å². The Morgan fingerprint density at radius 3 is 2.70 bits per heavy atom. The summed E-state index contributed by atoms with van der Waals surface area (Å²) in [5.74, 6) is 1.15. The van der Waals surface area contributed by atoms with Crippen LogP contribution in [0.2, 0.25) is 0 Å². The molecule has 0 amide bonds. The van der Waals surface area contributed by atoms with Gasteiger partial charge >= 0.3 is 0 Å². The number of benzene rings is 1. The Morgan fingerprint density at radius 1 is 1.40 bits per heavy atom. The molecule has 1 fully saturated rings. The van der Waals surface area contributed by atoms with Crippen molar-refractivity contribution in [3.63, 3.8) is 0 Å². The highest BCUT2D eigenvalue weighted by atomic mass is 79.9. The van der Waals surface area contributed by atoms with Crippen LogP contribution in [-0.4, -0.2) is 26.0 Å². The van der Waals surface area contributed by atoms with Crippen molar-refractivity contribution in [2.24, 2.45) is 5.41 Å². The summed E-state index contributed by atoms with van der Waals surface area (Å²) in [4.78, 5) is 12.8. The first-order chi connectivity index (χ1) is 9.61. The van der Waals surface area contributed by atoms with Gasteiger partial charge in [-0.05, 0) is 56.1 Å². The molecule has 1 saturated heterocycles. The van der Waals surface area contributed by atoms with Crippen LogP contribution in [0, 0.1) is 5.41 Å². The van der Waals surface area contributed by atoms with E-state index in [4.69, 9.17) is 4.74 Å². The number of hydrogen-bond donors (Lipinski definition) is 1. The quantitative estimate of drug-likeness (QED) is 0.893. The van der Waals surface area contributed by atoms with Crippen LogP contribution in [-0.2, 0) is 11.2 Å². The molecule has 1 aliphatic heterocycles. The van der Waals surface area contributed by atoms with Crippen molar-refractivity contribution in [3.8, 4) is 5.75 Å². The fourth-order valence-corrected chi connectivity index (χ4v) is 3.30. The first-order valence-corrected chi connectivity index (χ1v) is 7.97. The molecule has 20 heavy (non-hydrogen) atoms. The smallest absolute Gasteiger partial charge is 0.143 e. The maximum atomic E-state index is 12.8. The van der Waals surface area contributed by atoms with Gasteiger partial charge in [0, 0.05) is 16.3 Å². The predicted octanol–water partition coefficient (Wildman–Crippen LogP) is 3.35. The van der Waals surface area contributed by atoms with Crippen LogP contribution >= 0.6 is 15.9 Å². The highest BCUT2D eigenvalue weighted by molar-refractivity contribution is 9.10. The summed E-state index contributed by atoms with van der Waals surface area (Å²) in [6.07, 6.45) is 3.30. The number of halogens is 1. The normalized spacial score (nSPS) is 17.8. The van der Waals surface area contributed by atoms with Crippen LogP contribution in [0.15, 0.2) is 22.7 Å². The van der Waals surface area contributed by atoms with Crippen LogP contribution in [0.3, 0.4) is 0 Å². The summed E-state index contributed by atoms with van der Waals surface area (Å²) < 4.78 is 6.22. The van der Waals surface area contributed by atoms with Gasteiger partial charge < -0.3 is 10.1 Å². The van der Waals surface area contributed by atoms with E-state index >= 15 is 0 Å². The van der Waals surface area contributed by atoms with Gasteiger partial charge in [0.25, 0.3) is 0 Å². The van der Waals surface area contributed by atoms with E-state index < -0.39 is 0 Å². The molecule has 0 unspecified atom stereocenters. The van der Waals surface area contributed by atoms with Gasteiger partial charge in [-0.2, -0.15) is 0 Å². The molecule has 3 nitrogen and oxygen atoms in total. The van der Waals surface area contributed by atoms with E-state index in [1.54, 1.807) is 7.11 Å². The van der Waals surface area contributed by atoms with Gasteiger partial charge in [0.05, 0.1) is 7.11 Å². The second-order valence-corrected chi connectivity index (χ2v) is 6.30. The van der Waals surface area contributed by atoms with E-state index in [-0.39, 0.29) is 5.41 Å². The Bertz CT molecular complexity index is 481.